The molecular weight excluding hydrogens is 368 g/mol. The van der Waals surface area contributed by atoms with Crippen LogP contribution < -0.4 is 4.72 Å². The maximum atomic E-state index is 12.5. The summed E-state index contributed by atoms with van der Waals surface area (Å²) in [7, 11) is -5.56. The summed E-state index contributed by atoms with van der Waals surface area (Å²) in [6.45, 7) is 3.36. The highest BCUT2D eigenvalue weighted by atomic mass is 32.2. The maximum absolute atomic E-state index is 12.5. The van der Waals surface area contributed by atoms with Gasteiger partial charge in [0.15, 0.2) is 0 Å². The van der Waals surface area contributed by atoms with Crippen LogP contribution >= 0.6 is 0 Å². The van der Waals surface area contributed by atoms with Crippen LogP contribution in [0.2, 0.25) is 0 Å². The van der Waals surface area contributed by atoms with Crippen molar-refractivity contribution in [3.63, 3.8) is 0 Å². The number of carbonyl (C=O) groups is 1. The first-order valence-electron chi connectivity index (χ1n) is 7.63. The van der Waals surface area contributed by atoms with Gasteiger partial charge in [0.25, 0.3) is 0 Å². The fourth-order valence-electron chi connectivity index (χ4n) is 2.21. The van der Waals surface area contributed by atoms with Gasteiger partial charge in [0.1, 0.15) is 9.79 Å². The molecule has 0 heterocycles. The van der Waals surface area contributed by atoms with Crippen LogP contribution in [0.15, 0.2) is 34.1 Å². The molecular formula is C15H24N2O6S2. The lowest BCUT2D eigenvalue weighted by Crippen LogP contribution is -2.35. The zero-order valence-electron chi connectivity index (χ0n) is 14.6. The number of sulfonamides is 2. The van der Waals surface area contributed by atoms with Crippen molar-refractivity contribution in [2.45, 2.75) is 30.1 Å². The number of carboxylic acid groups (broad SMARTS) is 1. The second-order valence-corrected chi connectivity index (χ2v) is 10.1. The molecule has 0 aliphatic rings. The van der Waals surface area contributed by atoms with Crippen molar-refractivity contribution in [3.05, 3.63) is 24.3 Å². The third-order valence-electron chi connectivity index (χ3n) is 3.52. The van der Waals surface area contributed by atoms with Gasteiger partial charge in [-0.1, -0.05) is 26.0 Å². The third-order valence-corrected chi connectivity index (χ3v) is 7.01. The quantitative estimate of drug-likeness (QED) is 0.646. The van der Waals surface area contributed by atoms with Crippen LogP contribution in [0.3, 0.4) is 0 Å². The topological polar surface area (TPSA) is 121 Å². The molecule has 0 bridgehead atoms. The molecule has 0 spiro atoms. The molecule has 0 amide bonds. The van der Waals surface area contributed by atoms with Gasteiger partial charge in [-0.15, -0.1) is 0 Å². The van der Waals surface area contributed by atoms with Crippen LogP contribution in [-0.4, -0.2) is 52.9 Å². The predicted molar refractivity (Wildman–Crippen MR) is 93.1 cm³/mol. The second kappa shape index (κ2) is 8.26. The molecule has 0 aliphatic carbocycles. The van der Waals surface area contributed by atoms with E-state index < -0.39 is 36.8 Å². The lowest BCUT2D eigenvalue weighted by atomic mass is 9.98. The van der Waals surface area contributed by atoms with E-state index in [0.717, 1.165) is 4.31 Å². The van der Waals surface area contributed by atoms with Gasteiger partial charge in [-0.2, -0.15) is 0 Å². The first-order valence-corrected chi connectivity index (χ1v) is 10.6. The molecule has 1 rings (SSSR count). The first-order chi connectivity index (χ1) is 11.4. The number of nitrogens with one attached hydrogen (secondary N) is 1. The molecule has 0 aliphatic heterocycles. The lowest BCUT2D eigenvalue weighted by Gasteiger charge is -2.18. The van der Waals surface area contributed by atoms with Crippen molar-refractivity contribution in [1.82, 2.24) is 9.03 Å². The monoisotopic (exact) mass is 392 g/mol. The van der Waals surface area contributed by atoms with Gasteiger partial charge in [0, 0.05) is 20.6 Å². The number of nitrogens with zero attached hydrogens (tertiary/aromatic N) is 1. The van der Waals surface area contributed by atoms with Crippen LogP contribution in [0, 0.1) is 11.8 Å². The van der Waals surface area contributed by atoms with Gasteiger partial charge in [-0.3, -0.25) is 4.79 Å². The summed E-state index contributed by atoms with van der Waals surface area (Å²) in [6.07, 6.45) is 0.301. The highest BCUT2D eigenvalue weighted by Gasteiger charge is 2.29. The number of hydrogen-bond acceptors (Lipinski definition) is 5. The SMILES string of the molecule is CC(C)CC(CNS(=O)(=O)c1ccccc1S(=O)(=O)N(C)C)C(=O)O. The van der Waals surface area contributed by atoms with Crippen molar-refractivity contribution in [2.24, 2.45) is 11.8 Å². The van der Waals surface area contributed by atoms with E-state index >= 15 is 0 Å². The van der Waals surface area contributed by atoms with Gasteiger partial charge >= 0.3 is 5.97 Å². The third kappa shape index (κ3) is 5.50. The normalized spacial score (nSPS) is 14.0. The summed E-state index contributed by atoms with van der Waals surface area (Å²) in [6, 6.07) is 5.21. The maximum Gasteiger partial charge on any atom is 0.307 e. The van der Waals surface area contributed by atoms with E-state index in [1.54, 1.807) is 0 Å². The molecule has 8 nitrogen and oxygen atoms in total. The van der Waals surface area contributed by atoms with E-state index in [4.69, 9.17) is 0 Å². The predicted octanol–water partition coefficient (Wildman–Crippen LogP) is 0.962. The van der Waals surface area contributed by atoms with Crippen molar-refractivity contribution in [1.29, 1.82) is 0 Å². The molecule has 0 saturated carbocycles. The summed E-state index contributed by atoms with van der Waals surface area (Å²) in [5.41, 5.74) is 0. The fraction of sp³-hybridized carbons (Fsp3) is 0.533. The molecule has 1 atom stereocenters. The van der Waals surface area contributed by atoms with Gasteiger partial charge in [0.05, 0.1) is 5.92 Å². The van der Waals surface area contributed by atoms with E-state index in [2.05, 4.69) is 4.72 Å². The minimum Gasteiger partial charge on any atom is -0.481 e. The van der Waals surface area contributed by atoms with Gasteiger partial charge in [-0.05, 0) is 24.5 Å². The zero-order valence-corrected chi connectivity index (χ0v) is 16.3. The van der Waals surface area contributed by atoms with Crippen molar-refractivity contribution < 1.29 is 26.7 Å². The molecule has 10 heteroatoms. The Labute approximate surface area is 149 Å². The molecule has 1 unspecified atom stereocenters. The average molecular weight is 392 g/mol. The molecule has 0 aromatic heterocycles. The highest BCUT2D eigenvalue weighted by molar-refractivity contribution is 7.92. The average Bonchev–Trinajstić information content (AvgIpc) is 2.50. The van der Waals surface area contributed by atoms with Crippen LogP contribution in [0.4, 0.5) is 0 Å². The van der Waals surface area contributed by atoms with Crippen LogP contribution in [-0.2, 0) is 24.8 Å². The molecule has 0 radical (unpaired) electrons. The highest BCUT2D eigenvalue weighted by Crippen LogP contribution is 2.23. The van der Waals surface area contributed by atoms with E-state index in [9.17, 15) is 26.7 Å². The molecule has 142 valence electrons. The summed E-state index contributed by atoms with van der Waals surface area (Å²) < 4.78 is 52.9. The van der Waals surface area contributed by atoms with Crippen molar-refractivity contribution in [3.8, 4) is 0 Å². The first kappa shape index (κ1) is 21.6. The molecule has 0 fully saturated rings. The molecule has 1 aromatic carbocycles. The molecule has 25 heavy (non-hydrogen) atoms. The Bertz CT molecular complexity index is 816. The van der Waals surface area contributed by atoms with E-state index in [0.29, 0.717) is 6.42 Å². The van der Waals surface area contributed by atoms with Crippen LogP contribution in [0.1, 0.15) is 20.3 Å². The lowest BCUT2D eigenvalue weighted by molar-refractivity contribution is -0.142. The Balaban J connectivity index is 3.18. The van der Waals surface area contributed by atoms with Crippen LogP contribution in [0.5, 0.6) is 0 Å². The summed E-state index contributed by atoms with van der Waals surface area (Å²) in [4.78, 5) is 10.5. The number of hydrogen-bond donors (Lipinski definition) is 2. The number of aliphatic carboxylic acids is 1. The Morgan fingerprint density at radius 2 is 1.64 bits per heavy atom. The Morgan fingerprint density at radius 1 is 1.12 bits per heavy atom. The van der Waals surface area contributed by atoms with Gasteiger partial charge in [0.2, 0.25) is 20.0 Å². The fourth-order valence-corrected chi connectivity index (χ4v) is 4.99. The number of carboxylic acids is 1. The summed E-state index contributed by atoms with van der Waals surface area (Å²) in [5.74, 6) is -1.93. The van der Waals surface area contributed by atoms with Crippen LogP contribution in [0.25, 0.3) is 0 Å². The van der Waals surface area contributed by atoms with E-state index in [-0.39, 0.29) is 17.4 Å². The molecule has 2 N–H and O–H groups in total. The minimum atomic E-state index is -4.19. The van der Waals surface area contributed by atoms with Crippen molar-refractivity contribution >= 4 is 26.0 Å². The molecule has 1 aromatic rings. The summed E-state index contributed by atoms with van der Waals surface area (Å²) >= 11 is 0. The zero-order chi connectivity index (χ0) is 19.4. The van der Waals surface area contributed by atoms with E-state index in [1.165, 1.54) is 38.4 Å². The largest absolute Gasteiger partial charge is 0.481 e. The van der Waals surface area contributed by atoms with Gasteiger partial charge < -0.3 is 5.11 Å². The Morgan fingerprint density at radius 3 is 2.08 bits per heavy atom. The van der Waals surface area contributed by atoms with E-state index in [1.807, 2.05) is 13.8 Å². The molecule has 0 saturated heterocycles. The van der Waals surface area contributed by atoms with Crippen molar-refractivity contribution in [2.75, 3.05) is 20.6 Å². The summed E-state index contributed by atoms with van der Waals surface area (Å²) in [5, 5.41) is 9.21. The Hall–Kier alpha value is -1.49. The smallest absolute Gasteiger partial charge is 0.307 e. The van der Waals surface area contributed by atoms with Gasteiger partial charge in [-0.25, -0.2) is 25.9 Å². The minimum absolute atomic E-state index is 0.0759. The second-order valence-electron chi connectivity index (χ2n) is 6.25. The Kier molecular flexibility index (Phi) is 7.12. The standard InChI is InChI=1S/C15H24N2O6S2/c1-11(2)9-12(15(18)19)10-16-24(20,21)13-7-5-6-8-14(13)25(22,23)17(3)4/h5-8,11-12,16H,9-10H2,1-4H3,(H,18,19). The number of benzene rings is 1. The number of rotatable bonds is 9.